The summed E-state index contributed by atoms with van der Waals surface area (Å²) in [4.78, 5) is 0. The van der Waals surface area contributed by atoms with Crippen LogP contribution in [0.1, 0.15) is 37.9 Å². The van der Waals surface area contributed by atoms with E-state index in [1.165, 1.54) is 11.1 Å². The molecule has 0 saturated carbocycles. The number of methoxy groups -OCH3 is 1. The molecule has 90 valence electrons. The van der Waals surface area contributed by atoms with E-state index in [-0.39, 0.29) is 6.04 Å². The Hall–Kier alpha value is -0.670. The van der Waals surface area contributed by atoms with Crippen molar-refractivity contribution in [1.29, 1.82) is 0 Å². The maximum atomic E-state index is 5.88. The average molecular weight is 239 g/mol. The smallest absolute Gasteiger partial charge is 0.122 e. The summed E-state index contributed by atoms with van der Waals surface area (Å²) in [6.45, 7) is 6.40. The fourth-order valence-electron chi connectivity index (χ4n) is 1.45. The van der Waals surface area contributed by atoms with E-state index in [9.17, 15) is 0 Å². The summed E-state index contributed by atoms with van der Waals surface area (Å²) in [5, 5.41) is 0.628. The standard InChI is InChI=1S/C13H21NOS/c1-9(2)16-8-12-7-11(10(3)14)5-6-13(12)15-4/h5-7,9-10H,8,14H2,1-4H3. The second-order valence-corrected chi connectivity index (χ2v) is 5.78. The lowest BCUT2D eigenvalue weighted by Gasteiger charge is -2.13. The van der Waals surface area contributed by atoms with Gasteiger partial charge >= 0.3 is 0 Å². The van der Waals surface area contributed by atoms with Crippen molar-refractivity contribution in [3.05, 3.63) is 29.3 Å². The number of hydrogen-bond acceptors (Lipinski definition) is 3. The van der Waals surface area contributed by atoms with Gasteiger partial charge in [0.15, 0.2) is 0 Å². The van der Waals surface area contributed by atoms with Gasteiger partial charge < -0.3 is 10.5 Å². The van der Waals surface area contributed by atoms with Gasteiger partial charge in [-0.05, 0) is 29.9 Å². The number of ether oxygens (including phenoxy) is 1. The topological polar surface area (TPSA) is 35.2 Å². The number of hydrogen-bond donors (Lipinski definition) is 1. The molecule has 0 saturated heterocycles. The minimum absolute atomic E-state index is 0.0775. The molecule has 0 bridgehead atoms. The molecule has 0 radical (unpaired) electrons. The molecule has 0 heterocycles. The Bertz CT molecular complexity index is 337. The highest BCUT2D eigenvalue weighted by Gasteiger charge is 2.07. The molecule has 0 amide bonds. The SMILES string of the molecule is COc1ccc(C(C)N)cc1CSC(C)C. The molecule has 1 atom stereocenters. The second-order valence-electron chi connectivity index (χ2n) is 4.22. The van der Waals surface area contributed by atoms with Crippen molar-refractivity contribution in [2.45, 2.75) is 37.8 Å². The molecule has 0 aliphatic carbocycles. The van der Waals surface area contributed by atoms with Crippen LogP contribution in [0.3, 0.4) is 0 Å². The predicted molar refractivity (Wildman–Crippen MR) is 72.0 cm³/mol. The van der Waals surface area contributed by atoms with Gasteiger partial charge in [0.05, 0.1) is 7.11 Å². The summed E-state index contributed by atoms with van der Waals surface area (Å²) in [6.07, 6.45) is 0. The van der Waals surface area contributed by atoms with Gasteiger partial charge in [0.1, 0.15) is 5.75 Å². The first-order valence-corrected chi connectivity index (χ1v) is 6.63. The molecule has 1 unspecified atom stereocenters. The number of rotatable bonds is 5. The van der Waals surface area contributed by atoms with Crippen LogP contribution >= 0.6 is 11.8 Å². The summed E-state index contributed by atoms with van der Waals surface area (Å²) >= 11 is 1.91. The lowest BCUT2D eigenvalue weighted by Crippen LogP contribution is -2.06. The summed E-state index contributed by atoms with van der Waals surface area (Å²) in [5.41, 5.74) is 8.28. The minimum atomic E-state index is 0.0775. The Morgan fingerprint density at radius 1 is 1.31 bits per heavy atom. The Kier molecular flexibility index (Phi) is 5.16. The third-order valence-electron chi connectivity index (χ3n) is 2.40. The maximum absolute atomic E-state index is 5.88. The van der Waals surface area contributed by atoms with Gasteiger partial charge in [-0.15, -0.1) is 0 Å². The molecular weight excluding hydrogens is 218 g/mol. The first kappa shape index (κ1) is 13.4. The third-order valence-corrected chi connectivity index (χ3v) is 3.55. The van der Waals surface area contributed by atoms with Crippen molar-refractivity contribution in [3.8, 4) is 5.75 Å². The van der Waals surface area contributed by atoms with Gasteiger partial charge in [-0.3, -0.25) is 0 Å². The van der Waals surface area contributed by atoms with Crippen molar-refractivity contribution in [3.63, 3.8) is 0 Å². The summed E-state index contributed by atoms with van der Waals surface area (Å²) < 4.78 is 5.36. The molecule has 2 nitrogen and oxygen atoms in total. The molecule has 1 aromatic carbocycles. The Morgan fingerprint density at radius 3 is 2.50 bits per heavy atom. The fraction of sp³-hybridized carbons (Fsp3) is 0.538. The van der Waals surface area contributed by atoms with Gasteiger partial charge in [0, 0.05) is 17.4 Å². The highest BCUT2D eigenvalue weighted by atomic mass is 32.2. The molecule has 0 aromatic heterocycles. The van der Waals surface area contributed by atoms with Crippen molar-refractivity contribution in [2.24, 2.45) is 5.73 Å². The van der Waals surface area contributed by atoms with Crippen LogP contribution in [0.25, 0.3) is 0 Å². The zero-order valence-corrected chi connectivity index (χ0v) is 11.3. The monoisotopic (exact) mass is 239 g/mol. The molecule has 3 heteroatoms. The van der Waals surface area contributed by atoms with E-state index < -0.39 is 0 Å². The zero-order valence-electron chi connectivity index (χ0n) is 10.5. The van der Waals surface area contributed by atoms with Gasteiger partial charge in [-0.25, -0.2) is 0 Å². The normalized spacial score (nSPS) is 12.9. The van der Waals surface area contributed by atoms with Crippen LogP contribution in [0.5, 0.6) is 5.75 Å². The van der Waals surface area contributed by atoms with Crippen molar-refractivity contribution in [2.75, 3.05) is 7.11 Å². The molecular formula is C13H21NOS. The van der Waals surface area contributed by atoms with Crippen LogP contribution in [0.2, 0.25) is 0 Å². The van der Waals surface area contributed by atoms with Gasteiger partial charge in [0.2, 0.25) is 0 Å². The molecule has 1 rings (SSSR count). The van der Waals surface area contributed by atoms with E-state index in [2.05, 4.69) is 19.9 Å². The second kappa shape index (κ2) is 6.16. The summed E-state index contributed by atoms with van der Waals surface area (Å²) in [5.74, 6) is 1.93. The number of nitrogens with two attached hydrogens (primary N) is 1. The minimum Gasteiger partial charge on any atom is -0.496 e. The lowest BCUT2D eigenvalue weighted by molar-refractivity contribution is 0.411. The molecule has 0 aliphatic rings. The van der Waals surface area contributed by atoms with Crippen LogP contribution in [0.4, 0.5) is 0 Å². The Morgan fingerprint density at radius 2 is 2.00 bits per heavy atom. The van der Waals surface area contributed by atoms with E-state index in [4.69, 9.17) is 10.5 Å². The number of benzene rings is 1. The predicted octanol–water partition coefficient (Wildman–Crippen LogP) is 3.36. The van der Waals surface area contributed by atoms with E-state index in [1.807, 2.05) is 30.8 Å². The Labute approximate surface area is 103 Å². The molecule has 16 heavy (non-hydrogen) atoms. The molecule has 2 N–H and O–H groups in total. The highest BCUT2D eigenvalue weighted by molar-refractivity contribution is 7.99. The average Bonchev–Trinajstić information content (AvgIpc) is 2.25. The van der Waals surface area contributed by atoms with Gasteiger partial charge in [0.25, 0.3) is 0 Å². The molecule has 0 fully saturated rings. The fourth-order valence-corrected chi connectivity index (χ4v) is 2.19. The van der Waals surface area contributed by atoms with Crippen molar-refractivity contribution in [1.82, 2.24) is 0 Å². The first-order valence-electron chi connectivity index (χ1n) is 5.58. The first-order chi connectivity index (χ1) is 7.54. The quantitative estimate of drug-likeness (QED) is 0.855. The van der Waals surface area contributed by atoms with Crippen LogP contribution in [0, 0.1) is 0 Å². The molecule has 0 spiro atoms. The summed E-state index contributed by atoms with van der Waals surface area (Å²) in [7, 11) is 1.71. The largest absolute Gasteiger partial charge is 0.496 e. The Balaban J connectivity index is 2.88. The number of thioether (sulfide) groups is 1. The van der Waals surface area contributed by atoms with Crippen LogP contribution in [-0.4, -0.2) is 12.4 Å². The van der Waals surface area contributed by atoms with Crippen molar-refractivity contribution >= 4 is 11.8 Å². The zero-order chi connectivity index (χ0) is 12.1. The van der Waals surface area contributed by atoms with E-state index in [0.717, 1.165) is 11.5 Å². The van der Waals surface area contributed by atoms with Gasteiger partial charge in [-0.1, -0.05) is 19.9 Å². The van der Waals surface area contributed by atoms with Crippen LogP contribution in [-0.2, 0) is 5.75 Å². The van der Waals surface area contributed by atoms with E-state index in [0.29, 0.717) is 5.25 Å². The van der Waals surface area contributed by atoms with Gasteiger partial charge in [-0.2, -0.15) is 11.8 Å². The van der Waals surface area contributed by atoms with E-state index in [1.54, 1.807) is 7.11 Å². The third kappa shape index (κ3) is 3.72. The van der Waals surface area contributed by atoms with Crippen LogP contribution < -0.4 is 10.5 Å². The molecule has 0 aliphatic heterocycles. The van der Waals surface area contributed by atoms with E-state index >= 15 is 0 Å². The van der Waals surface area contributed by atoms with Crippen LogP contribution in [0.15, 0.2) is 18.2 Å². The highest BCUT2D eigenvalue weighted by Crippen LogP contribution is 2.27. The summed E-state index contributed by atoms with van der Waals surface area (Å²) in [6, 6.07) is 6.27. The maximum Gasteiger partial charge on any atom is 0.122 e. The lowest BCUT2D eigenvalue weighted by atomic mass is 10.1. The van der Waals surface area contributed by atoms with Crippen molar-refractivity contribution < 1.29 is 4.74 Å². The molecule has 1 aromatic rings.